The molecule has 0 aromatic carbocycles. The molecular weight excluding hydrogens is 256 g/mol. The molecule has 1 N–H and O–H groups in total. The van der Waals surface area contributed by atoms with Crippen molar-refractivity contribution in [2.45, 2.75) is 19.3 Å². The first-order chi connectivity index (χ1) is 7.29. The van der Waals surface area contributed by atoms with Crippen LogP contribution < -0.4 is 0 Å². The molecule has 0 saturated heterocycles. The molecule has 2 aliphatic rings. The Bertz CT molecular complexity index is 325. The summed E-state index contributed by atoms with van der Waals surface area (Å²) in [5.74, 6) is 1.64. The zero-order valence-corrected chi connectivity index (χ0v) is 10.2. The monoisotopic (exact) mass is 270 g/mol. The van der Waals surface area contributed by atoms with E-state index in [1.54, 1.807) is 0 Å². The largest absolute Gasteiger partial charge is 0.492 e. The molecule has 2 rings (SSSR count). The van der Waals surface area contributed by atoms with Gasteiger partial charge in [-0.25, -0.2) is 0 Å². The van der Waals surface area contributed by atoms with Crippen LogP contribution in [0.1, 0.15) is 19.3 Å². The summed E-state index contributed by atoms with van der Waals surface area (Å²) in [6.07, 6.45) is 9.34. The maximum absolute atomic E-state index is 9.06. The van der Waals surface area contributed by atoms with E-state index in [2.05, 4.69) is 15.9 Å². The summed E-state index contributed by atoms with van der Waals surface area (Å²) in [7, 11) is 0. The van der Waals surface area contributed by atoms with Crippen LogP contribution in [0.4, 0.5) is 0 Å². The summed E-state index contributed by atoms with van der Waals surface area (Å²) in [6.45, 7) is 0.923. The molecule has 0 aromatic heterocycles. The van der Waals surface area contributed by atoms with E-state index < -0.39 is 0 Å². The molecule has 0 spiro atoms. The number of aliphatic hydroxyl groups is 1. The van der Waals surface area contributed by atoms with Gasteiger partial charge in [0.05, 0.1) is 17.7 Å². The van der Waals surface area contributed by atoms with Crippen LogP contribution in [0.3, 0.4) is 0 Å². The summed E-state index contributed by atoms with van der Waals surface area (Å²) >= 11 is 3.47. The van der Waals surface area contributed by atoms with E-state index in [1.807, 2.05) is 18.2 Å². The molecular formula is C12H15BrO2. The average Bonchev–Trinajstić information content (AvgIpc) is 3.03. The van der Waals surface area contributed by atoms with Gasteiger partial charge in [-0.05, 0) is 58.8 Å². The van der Waals surface area contributed by atoms with Gasteiger partial charge < -0.3 is 9.84 Å². The molecule has 0 amide bonds. The predicted molar refractivity (Wildman–Crippen MR) is 63.6 cm³/mol. The number of rotatable bonds is 4. The molecule has 15 heavy (non-hydrogen) atoms. The fourth-order valence-corrected chi connectivity index (χ4v) is 2.00. The molecule has 0 aromatic rings. The van der Waals surface area contributed by atoms with Crippen molar-refractivity contribution in [2.24, 2.45) is 5.92 Å². The lowest BCUT2D eigenvalue weighted by atomic mass is 10.2. The predicted octanol–water partition coefficient (Wildman–Crippen LogP) is 2.90. The molecule has 3 heteroatoms. The smallest absolute Gasteiger partial charge is 0.133 e. The maximum Gasteiger partial charge on any atom is 0.133 e. The molecule has 0 heterocycles. The Morgan fingerprint density at radius 1 is 1.47 bits per heavy atom. The van der Waals surface area contributed by atoms with E-state index in [0.29, 0.717) is 0 Å². The number of allylic oxidation sites excluding steroid dienone is 4. The minimum Gasteiger partial charge on any atom is -0.492 e. The molecule has 1 saturated carbocycles. The van der Waals surface area contributed by atoms with Crippen LogP contribution >= 0.6 is 15.9 Å². The Hall–Kier alpha value is -0.540. The normalized spacial score (nSPS) is 21.3. The third kappa shape index (κ3) is 3.21. The van der Waals surface area contributed by atoms with Crippen LogP contribution in [-0.2, 0) is 4.74 Å². The van der Waals surface area contributed by atoms with Crippen LogP contribution in [0.5, 0.6) is 0 Å². The third-order valence-electron chi connectivity index (χ3n) is 2.59. The van der Waals surface area contributed by atoms with E-state index in [-0.39, 0.29) is 6.61 Å². The van der Waals surface area contributed by atoms with Crippen molar-refractivity contribution in [3.8, 4) is 0 Å². The van der Waals surface area contributed by atoms with Gasteiger partial charge in [0.2, 0.25) is 0 Å². The number of hydrogen-bond acceptors (Lipinski definition) is 2. The minimum absolute atomic E-state index is 0.106. The summed E-state index contributed by atoms with van der Waals surface area (Å²) < 4.78 is 6.64. The highest BCUT2D eigenvalue weighted by Crippen LogP contribution is 2.31. The molecule has 0 aliphatic heterocycles. The SMILES string of the molecule is OCC1=CC(Br)=C(OCC2CC2)C=CC1. The van der Waals surface area contributed by atoms with Crippen molar-refractivity contribution in [1.82, 2.24) is 0 Å². The van der Waals surface area contributed by atoms with Gasteiger partial charge in [-0.3, -0.25) is 0 Å². The standard InChI is InChI=1S/C12H15BrO2/c13-11-6-10(7-14)2-1-3-12(11)15-8-9-4-5-9/h1,3,6,9,14H,2,4-5,7-8H2. The van der Waals surface area contributed by atoms with Crippen LogP contribution in [0.25, 0.3) is 0 Å². The lowest BCUT2D eigenvalue weighted by Gasteiger charge is -2.06. The number of halogens is 1. The summed E-state index contributed by atoms with van der Waals surface area (Å²) in [5.41, 5.74) is 1.00. The van der Waals surface area contributed by atoms with Gasteiger partial charge in [-0.15, -0.1) is 0 Å². The van der Waals surface area contributed by atoms with Crippen molar-refractivity contribution < 1.29 is 9.84 Å². The highest BCUT2D eigenvalue weighted by atomic mass is 79.9. The van der Waals surface area contributed by atoms with E-state index in [0.717, 1.165) is 34.8 Å². The summed E-state index contributed by atoms with van der Waals surface area (Å²) in [6, 6.07) is 0. The fraction of sp³-hybridized carbons (Fsp3) is 0.500. The van der Waals surface area contributed by atoms with Gasteiger partial charge in [0, 0.05) is 0 Å². The van der Waals surface area contributed by atoms with E-state index in [4.69, 9.17) is 9.84 Å². The second-order valence-electron chi connectivity index (χ2n) is 4.03. The zero-order chi connectivity index (χ0) is 10.7. The molecule has 0 bridgehead atoms. The van der Waals surface area contributed by atoms with E-state index in [9.17, 15) is 0 Å². The van der Waals surface area contributed by atoms with Crippen molar-refractivity contribution in [3.63, 3.8) is 0 Å². The summed E-state index contributed by atoms with van der Waals surface area (Å²) in [4.78, 5) is 0. The molecule has 0 atom stereocenters. The zero-order valence-electron chi connectivity index (χ0n) is 8.58. The molecule has 2 nitrogen and oxygen atoms in total. The molecule has 1 fully saturated rings. The van der Waals surface area contributed by atoms with Gasteiger partial charge in [0.25, 0.3) is 0 Å². The number of ether oxygens (including phenoxy) is 1. The number of hydrogen-bond donors (Lipinski definition) is 1. The van der Waals surface area contributed by atoms with Crippen LogP contribution in [0.15, 0.2) is 34.0 Å². The number of aliphatic hydroxyl groups excluding tert-OH is 1. The van der Waals surface area contributed by atoms with Crippen LogP contribution in [0.2, 0.25) is 0 Å². The first-order valence-electron chi connectivity index (χ1n) is 5.29. The Balaban J connectivity index is 2.02. The first-order valence-corrected chi connectivity index (χ1v) is 6.08. The Labute approximate surface area is 98.4 Å². The highest BCUT2D eigenvalue weighted by Gasteiger charge is 2.22. The Morgan fingerprint density at radius 2 is 2.27 bits per heavy atom. The van der Waals surface area contributed by atoms with Crippen molar-refractivity contribution in [2.75, 3.05) is 13.2 Å². The quantitative estimate of drug-likeness (QED) is 0.851. The van der Waals surface area contributed by atoms with E-state index in [1.165, 1.54) is 12.8 Å². The van der Waals surface area contributed by atoms with Gasteiger partial charge >= 0.3 is 0 Å². The van der Waals surface area contributed by atoms with Gasteiger partial charge in [-0.2, -0.15) is 0 Å². The fourth-order valence-electron chi connectivity index (χ4n) is 1.43. The van der Waals surface area contributed by atoms with Crippen molar-refractivity contribution in [1.29, 1.82) is 0 Å². The summed E-state index contributed by atoms with van der Waals surface area (Å²) in [5, 5.41) is 9.06. The van der Waals surface area contributed by atoms with Crippen LogP contribution in [-0.4, -0.2) is 18.3 Å². The second-order valence-corrected chi connectivity index (χ2v) is 4.89. The molecule has 0 unspecified atom stereocenters. The van der Waals surface area contributed by atoms with Gasteiger partial charge in [0.15, 0.2) is 0 Å². The lowest BCUT2D eigenvalue weighted by molar-refractivity contribution is 0.210. The molecule has 2 aliphatic carbocycles. The van der Waals surface area contributed by atoms with Crippen molar-refractivity contribution in [3.05, 3.63) is 34.0 Å². The first kappa shape index (κ1) is 11.0. The maximum atomic E-state index is 9.06. The topological polar surface area (TPSA) is 29.5 Å². The highest BCUT2D eigenvalue weighted by molar-refractivity contribution is 9.11. The molecule has 0 radical (unpaired) electrons. The lowest BCUT2D eigenvalue weighted by Crippen LogP contribution is -1.95. The average molecular weight is 271 g/mol. The van der Waals surface area contributed by atoms with Gasteiger partial charge in [-0.1, -0.05) is 6.08 Å². The molecule has 82 valence electrons. The third-order valence-corrected chi connectivity index (χ3v) is 3.21. The van der Waals surface area contributed by atoms with Gasteiger partial charge in [0.1, 0.15) is 5.76 Å². The van der Waals surface area contributed by atoms with Crippen molar-refractivity contribution >= 4 is 15.9 Å². The Morgan fingerprint density at radius 3 is 2.93 bits per heavy atom. The Kier molecular flexibility index (Phi) is 3.65. The van der Waals surface area contributed by atoms with E-state index >= 15 is 0 Å². The van der Waals surface area contributed by atoms with Crippen LogP contribution in [0, 0.1) is 5.92 Å². The minimum atomic E-state index is 0.106. The second kappa shape index (κ2) is 4.99.